The zero-order chi connectivity index (χ0) is 13.1. The molecule has 1 saturated carbocycles. The molecule has 0 amide bonds. The molecule has 0 aliphatic heterocycles. The Kier molecular flexibility index (Phi) is 5.01. The first kappa shape index (κ1) is 15.3. The van der Waals surface area contributed by atoms with E-state index in [0.29, 0.717) is 17.5 Å². The summed E-state index contributed by atoms with van der Waals surface area (Å²) in [5.74, 6) is 2.91. The normalized spacial score (nSPS) is 16.2. The van der Waals surface area contributed by atoms with Crippen LogP contribution in [0.3, 0.4) is 0 Å². The van der Waals surface area contributed by atoms with Crippen LogP contribution in [-0.2, 0) is 17.0 Å². The number of hydrogen-bond donors (Lipinski definition) is 1. The summed E-state index contributed by atoms with van der Waals surface area (Å²) in [7, 11) is 0. The molecule has 20 heavy (non-hydrogen) atoms. The lowest BCUT2D eigenvalue weighted by Gasteiger charge is -2.34. The fraction of sp³-hybridized carbons (Fsp3) is 0.462. The van der Waals surface area contributed by atoms with Crippen molar-refractivity contribution in [2.24, 2.45) is 5.73 Å². The van der Waals surface area contributed by atoms with Gasteiger partial charge in [-0.3, -0.25) is 4.98 Å². The van der Waals surface area contributed by atoms with E-state index in [1.807, 2.05) is 12.3 Å². The van der Waals surface area contributed by atoms with Crippen LogP contribution in [0.25, 0.3) is 0 Å². The zero-order valence-electron chi connectivity index (χ0n) is 11.0. The highest BCUT2D eigenvalue weighted by Crippen LogP contribution is 2.37. The van der Waals surface area contributed by atoms with Gasteiger partial charge in [0.25, 0.3) is 0 Å². The molecule has 2 aromatic rings. The van der Waals surface area contributed by atoms with Crippen molar-refractivity contribution in [3.05, 3.63) is 41.8 Å². The molecule has 0 spiro atoms. The molecule has 7 heteroatoms. The highest BCUT2D eigenvalue weighted by atomic mass is 35.5. The van der Waals surface area contributed by atoms with Gasteiger partial charge in [-0.1, -0.05) is 11.2 Å². The van der Waals surface area contributed by atoms with E-state index in [0.717, 1.165) is 25.0 Å². The van der Waals surface area contributed by atoms with Crippen LogP contribution in [0.4, 0.5) is 0 Å². The van der Waals surface area contributed by atoms with Crippen molar-refractivity contribution in [3.8, 4) is 0 Å². The minimum atomic E-state index is -0.338. The second-order valence-electron chi connectivity index (χ2n) is 4.88. The molecule has 1 aliphatic carbocycles. The molecular formula is C13H17ClN4OS. The summed E-state index contributed by atoms with van der Waals surface area (Å²) in [6, 6.07) is 4.00. The highest BCUT2D eigenvalue weighted by molar-refractivity contribution is 7.97. The third kappa shape index (κ3) is 3.31. The molecule has 0 atom stereocenters. The molecule has 2 N–H and O–H groups in total. The van der Waals surface area contributed by atoms with E-state index in [2.05, 4.69) is 21.2 Å². The first-order chi connectivity index (χ1) is 9.26. The molecule has 1 fully saturated rings. The minimum Gasteiger partial charge on any atom is -0.338 e. The van der Waals surface area contributed by atoms with Crippen molar-refractivity contribution in [1.82, 2.24) is 15.1 Å². The Labute approximate surface area is 128 Å². The van der Waals surface area contributed by atoms with Gasteiger partial charge in [-0.25, -0.2) is 0 Å². The Morgan fingerprint density at radius 2 is 2.20 bits per heavy atom. The quantitative estimate of drug-likeness (QED) is 0.914. The summed E-state index contributed by atoms with van der Waals surface area (Å²) in [4.78, 5) is 8.48. The van der Waals surface area contributed by atoms with E-state index in [9.17, 15) is 0 Å². The van der Waals surface area contributed by atoms with Gasteiger partial charge in [0.15, 0.2) is 5.82 Å². The van der Waals surface area contributed by atoms with E-state index >= 15 is 0 Å². The number of thioether (sulfide) groups is 1. The Morgan fingerprint density at radius 3 is 2.85 bits per heavy atom. The van der Waals surface area contributed by atoms with Crippen LogP contribution in [0.5, 0.6) is 0 Å². The molecule has 0 unspecified atom stereocenters. The van der Waals surface area contributed by atoms with E-state index in [1.165, 1.54) is 5.56 Å². The van der Waals surface area contributed by atoms with Crippen LogP contribution in [-0.4, -0.2) is 15.1 Å². The van der Waals surface area contributed by atoms with Crippen LogP contribution in [0, 0.1) is 0 Å². The number of aromatic nitrogens is 3. The molecule has 0 saturated heterocycles. The molecule has 3 rings (SSSR count). The maximum Gasteiger partial charge on any atom is 0.236 e. The van der Waals surface area contributed by atoms with Gasteiger partial charge in [-0.15, -0.1) is 24.2 Å². The average molecular weight is 313 g/mol. The topological polar surface area (TPSA) is 77.8 Å². The monoisotopic (exact) mass is 312 g/mol. The number of pyridine rings is 1. The molecule has 5 nitrogen and oxygen atoms in total. The molecular weight excluding hydrogens is 296 g/mol. The number of hydrogen-bond acceptors (Lipinski definition) is 6. The van der Waals surface area contributed by atoms with Crippen LogP contribution in [0.2, 0.25) is 0 Å². The van der Waals surface area contributed by atoms with Crippen molar-refractivity contribution in [1.29, 1.82) is 0 Å². The lowest BCUT2D eigenvalue weighted by Crippen LogP contribution is -2.44. The van der Waals surface area contributed by atoms with Gasteiger partial charge in [0.2, 0.25) is 5.89 Å². The number of nitrogens with zero attached hydrogens (tertiary/aromatic N) is 3. The van der Waals surface area contributed by atoms with Gasteiger partial charge in [0.1, 0.15) is 0 Å². The third-order valence-corrected chi connectivity index (χ3v) is 4.36. The fourth-order valence-corrected chi connectivity index (χ4v) is 2.84. The predicted octanol–water partition coefficient (Wildman–Crippen LogP) is 2.66. The van der Waals surface area contributed by atoms with E-state index in [-0.39, 0.29) is 17.9 Å². The number of halogens is 1. The van der Waals surface area contributed by atoms with Crippen LogP contribution >= 0.6 is 24.2 Å². The van der Waals surface area contributed by atoms with E-state index < -0.39 is 0 Å². The maximum atomic E-state index is 6.16. The second kappa shape index (κ2) is 6.56. The van der Waals surface area contributed by atoms with Crippen molar-refractivity contribution in [3.63, 3.8) is 0 Å². The van der Waals surface area contributed by atoms with Gasteiger partial charge < -0.3 is 10.3 Å². The van der Waals surface area contributed by atoms with Gasteiger partial charge in [0, 0.05) is 18.1 Å². The van der Waals surface area contributed by atoms with Crippen molar-refractivity contribution >= 4 is 24.2 Å². The Morgan fingerprint density at radius 1 is 1.35 bits per heavy atom. The minimum absolute atomic E-state index is 0. The van der Waals surface area contributed by atoms with Crippen LogP contribution in [0.1, 0.15) is 36.5 Å². The fourth-order valence-electron chi connectivity index (χ4n) is 2.04. The molecule has 0 bridgehead atoms. The number of rotatable bonds is 5. The zero-order valence-corrected chi connectivity index (χ0v) is 12.6. The number of nitrogens with two attached hydrogens (primary N) is 1. The molecule has 2 aromatic heterocycles. The summed E-state index contributed by atoms with van der Waals surface area (Å²) in [6.45, 7) is 0. The van der Waals surface area contributed by atoms with Crippen LogP contribution < -0.4 is 5.73 Å². The first-order valence-corrected chi connectivity index (χ1v) is 7.50. The van der Waals surface area contributed by atoms with E-state index in [1.54, 1.807) is 18.0 Å². The SMILES string of the molecule is Cl.NC1(c2noc(CSCc3cccnc3)n2)CCC1. The highest BCUT2D eigenvalue weighted by Gasteiger charge is 2.38. The lowest BCUT2D eigenvalue weighted by molar-refractivity contribution is 0.229. The summed E-state index contributed by atoms with van der Waals surface area (Å²) < 4.78 is 5.25. The summed E-state index contributed by atoms with van der Waals surface area (Å²) in [5, 5.41) is 4.00. The molecule has 0 radical (unpaired) electrons. The first-order valence-electron chi connectivity index (χ1n) is 6.35. The predicted molar refractivity (Wildman–Crippen MR) is 80.5 cm³/mol. The Hall–Kier alpha value is -1.11. The van der Waals surface area contributed by atoms with E-state index in [4.69, 9.17) is 10.3 Å². The van der Waals surface area contributed by atoms with Gasteiger partial charge in [0.05, 0.1) is 11.3 Å². The summed E-state index contributed by atoms with van der Waals surface area (Å²) >= 11 is 1.73. The third-order valence-electron chi connectivity index (χ3n) is 3.38. The molecule has 1 aliphatic rings. The Balaban J connectivity index is 0.00000147. The smallest absolute Gasteiger partial charge is 0.236 e. The average Bonchev–Trinajstić information content (AvgIpc) is 2.86. The molecule has 2 heterocycles. The van der Waals surface area contributed by atoms with Gasteiger partial charge >= 0.3 is 0 Å². The van der Waals surface area contributed by atoms with Crippen molar-refractivity contribution in [2.75, 3.05) is 0 Å². The van der Waals surface area contributed by atoms with Crippen LogP contribution in [0.15, 0.2) is 29.0 Å². The lowest BCUT2D eigenvalue weighted by atomic mass is 9.77. The van der Waals surface area contributed by atoms with Crippen molar-refractivity contribution < 1.29 is 4.52 Å². The van der Waals surface area contributed by atoms with Crippen molar-refractivity contribution in [2.45, 2.75) is 36.3 Å². The second-order valence-corrected chi connectivity index (χ2v) is 5.86. The summed E-state index contributed by atoms with van der Waals surface area (Å²) in [6.07, 6.45) is 6.70. The summed E-state index contributed by atoms with van der Waals surface area (Å²) in [5.41, 5.74) is 7.02. The Bertz CT molecular complexity index is 544. The maximum absolute atomic E-state index is 6.16. The van der Waals surface area contributed by atoms with Gasteiger partial charge in [-0.05, 0) is 30.9 Å². The largest absolute Gasteiger partial charge is 0.338 e. The molecule has 0 aromatic carbocycles. The standard InChI is InChI=1S/C13H16N4OS.ClH/c14-13(4-2-5-13)12-16-11(18-17-12)9-19-8-10-3-1-6-15-7-10;/h1,3,6-7H,2,4-5,8-9,14H2;1H. The van der Waals surface area contributed by atoms with Gasteiger partial charge in [-0.2, -0.15) is 4.98 Å². The molecule has 108 valence electrons.